The molecule has 0 saturated heterocycles. The summed E-state index contributed by atoms with van der Waals surface area (Å²) < 4.78 is 27.5. The van der Waals surface area contributed by atoms with Crippen LogP contribution in [0.1, 0.15) is 10.4 Å². The Morgan fingerprint density at radius 1 is 1.35 bits per heavy atom. The van der Waals surface area contributed by atoms with Crippen LogP contribution in [0.4, 0.5) is 8.78 Å². The van der Waals surface area contributed by atoms with E-state index in [1.807, 2.05) is 0 Å². The monoisotopic (exact) mass is 280 g/mol. The molecule has 20 heavy (non-hydrogen) atoms. The summed E-state index contributed by atoms with van der Waals surface area (Å²) in [6.45, 7) is 0. The number of nitrogens with two attached hydrogens (primary N) is 1. The summed E-state index contributed by atoms with van der Waals surface area (Å²) in [5.41, 5.74) is 4.42. The van der Waals surface area contributed by atoms with Crippen LogP contribution in [-0.2, 0) is 0 Å². The molecule has 0 radical (unpaired) electrons. The number of carbonyl (C=O) groups is 1. The summed E-state index contributed by atoms with van der Waals surface area (Å²) >= 11 is 0. The number of ketones is 1. The van der Waals surface area contributed by atoms with Crippen LogP contribution in [0.25, 0.3) is 0 Å². The van der Waals surface area contributed by atoms with Crippen molar-refractivity contribution < 1.29 is 18.5 Å². The molecule has 1 aromatic rings. The van der Waals surface area contributed by atoms with Crippen molar-refractivity contribution in [1.82, 2.24) is 0 Å². The first kappa shape index (κ1) is 14.0. The number of hydrogen-bond donors (Lipinski definition) is 1. The van der Waals surface area contributed by atoms with E-state index in [0.29, 0.717) is 6.08 Å². The molecule has 7 heteroatoms. The van der Waals surface area contributed by atoms with Crippen molar-refractivity contribution in [2.75, 3.05) is 0 Å². The zero-order valence-corrected chi connectivity index (χ0v) is 10.1. The number of hydrogen-bond acceptors (Lipinski definition) is 4. The number of rotatable bonds is 3. The Bertz CT molecular complexity index is 624. The summed E-state index contributed by atoms with van der Waals surface area (Å²) in [5.74, 6) is -6.60. The SMILES string of the molecule is NC1(F)C=C(F)C([N+](=O)[O-])=CC1C(=O)c1ccccc1. The Balaban J connectivity index is 2.44. The van der Waals surface area contributed by atoms with Crippen LogP contribution in [-0.4, -0.2) is 16.5 Å². The minimum Gasteiger partial charge on any atom is -0.295 e. The van der Waals surface area contributed by atoms with Gasteiger partial charge in [0, 0.05) is 17.7 Å². The lowest BCUT2D eigenvalue weighted by atomic mass is 9.85. The smallest absolute Gasteiger partial charge is 0.295 e. The third-order valence-corrected chi connectivity index (χ3v) is 2.93. The van der Waals surface area contributed by atoms with Crippen LogP contribution in [0.5, 0.6) is 0 Å². The highest BCUT2D eigenvalue weighted by molar-refractivity contribution is 6.00. The highest BCUT2D eigenvalue weighted by Crippen LogP contribution is 2.33. The first-order valence-corrected chi connectivity index (χ1v) is 5.65. The molecule has 0 amide bonds. The second-order valence-electron chi connectivity index (χ2n) is 4.34. The van der Waals surface area contributed by atoms with Crippen molar-refractivity contribution in [3.05, 3.63) is 69.7 Å². The van der Waals surface area contributed by atoms with Crippen molar-refractivity contribution in [1.29, 1.82) is 0 Å². The lowest BCUT2D eigenvalue weighted by Gasteiger charge is -2.26. The van der Waals surface area contributed by atoms with E-state index in [9.17, 15) is 23.7 Å². The van der Waals surface area contributed by atoms with Crippen LogP contribution >= 0.6 is 0 Å². The third-order valence-electron chi connectivity index (χ3n) is 2.93. The number of allylic oxidation sites excluding steroid dienone is 1. The number of halogens is 2. The minimum atomic E-state index is -2.81. The van der Waals surface area contributed by atoms with Crippen LogP contribution in [0, 0.1) is 16.0 Å². The van der Waals surface area contributed by atoms with Gasteiger partial charge >= 0.3 is 5.70 Å². The standard InChI is InChI=1S/C13H10F2N2O3/c14-10-7-13(15,16)9(6-11(10)17(19)20)12(18)8-4-2-1-3-5-8/h1-7,9H,16H2. The quantitative estimate of drug-likeness (QED) is 0.398. The summed E-state index contributed by atoms with van der Waals surface area (Å²) in [7, 11) is 0. The average molecular weight is 280 g/mol. The van der Waals surface area contributed by atoms with E-state index in [0.717, 1.165) is 0 Å². The molecule has 2 rings (SSSR count). The molecule has 0 bridgehead atoms. The van der Waals surface area contributed by atoms with Crippen molar-refractivity contribution in [3.8, 4) is 0 Å². The Kier molecular flexibility index (Phi) is 3.46. The molecule has 0 fully saturated rings. The van der Waals surface area contributed by atoms with Gasteiger partial charge in [0.2, 0.25) is 5.83 Å². The predicted molar refractivity (Wildman–Crippen MR) is 66.6 cm³/mol. The van der Waals surface area contributed by atoms with E-state index < -0.39 is 33.9 Å². The van der Waals surface area contributed by atoms with Gasteiger partial charge in [-0.1, -0.05) is 30.3 Å². The van der Waals surface area contributed by atoms with Crippen molar-refractivity contribution in [2.24, 2.45) is 11.7 Å². The van der Waals surface area contributed by atoms with Gasteiger partial charge < -0.3 is 0 Å². The van der Waals surface area contributed by atoms with Gasteiger partial charge in [-0.2, -0.15) is 4.39 Å². The number of nitro groups is 1. The van der Waals surface area contributed by atoms with Crippen LogP contribution in [0.2, 0.25) is 0 Å². The van der Waals surface area contributed by atoms with Gasteiger partial charge in [0.1, 0.15) is 0 Å². The average Bonchev–Trinajstić information content (AvgIpc) is 2.37. The molecule has 2 N–H and O–H groups in total. The van der Waals surface area contributed by atoms with E-state index in [1.165, 1.54) is 12.1 Å². The fraction of sp³-hybridized carbons (Fsp3) is 0.154. The van der Waals surface area contributed by atoms with Gasteiger partial charge in [-0.25, -0.2) is 4.39 Å². The Morgan fingerprint density at radius 2 is 1.95 bits per heavy atom. The number of nitrogens with zero attached hydrogens (tertiary/aromatic N) is 1. The first-order valence-electron chi connectivity index (χ1n) is 5.65. The van der Waals surface area contributed by atoms with E-state index >= 15 is 0 Å². The summed E-state index contributed by atoms with van der Waals surface area (Å²) in [6.07, 6.45) is 0.876. The molecule has 1 aromatic carbocycles. The number of Topliss-reactive ketones (excluding diaryl/α,β-unsaturated/α-hetero) is 1. The number of alkyl halides is 1. The second-order valence-corrected chi connectivity index (χ2v) is 4.34. The van der Waals surface area contributed by atoms with Crippen LogP contribution in [0.3, 0.4) is 0 Å². The molecular formula is C13H10F2N2O3. The van der Waals surface area contributed by atoms with Crippen molar-refractivity contribution in [2.45, 2.75) is 5.79 Å². The van der Waals surface area contributed by atoms with Crippen LogP contribution in [0.15, 0.2) is 54.0 Å². The summed E-state index contributed by atoms with van der Waals surface area (Å²) in [6, 6.07) is 7.61. The fourth-order valence-corrected chi connectivity index (χ4v) is 1.93. The largest absolute Gasteiger partial charge is 0.301 e. The number of carbonyl (C=O) groups excluding carboxylic acids is 1. The molecule has 0 saturated carbocycles. The lowest BCUT2D eigenvalue weighted by molar-refractivity contribution is -0.423. The zero-order valence-electron chi connectivity index (χ0n) is 10.1. The van der Waals surface area contributed by atoms with E-state index in [1.54, 1.807) is 18.2 Å². The maximum atomic E-state index is 14.1. The molecule has 1 aliphatic carbocycles. The van der Waals surface area contributed by atoms with Gasteiger partial charge in [-0.05, 0) is 0 Å². The Morgan fingerprint density at radius 3 is 2.50 bits per heavy atom. The summed E-state index contributed by atoms with van der Waals surface area (Å²) in [4.78, 5) is 21.8. The third kappa shape index (κ3) is 2.48. The highest BCUT2D eigenvalue weighted by atomic mass is 19.2. The van der Waals surface area contributed by atoms with Gasteiger partial charge in [0.15, 0.2) is 11.6 Å². The zero-order chi connectivity index (χ0) is 14.9. The molecule has 104 valence electrons. The lowest BCUT2D eigenvalue weighted by Crippen LogP contribution is -2.46. The van der Waals surface area contributed by atoms with Gasteiger partial charge in [0.05, 0.1) is 10.8 Å². The fourth-order valence-electron chi connectivity index (χ4n) is 1.93. The molecule has 2 unspecified atom stereocenters. The van der Waals surface area contributed by atoms with E-state index in [2.05, 4.69) is 0 Å². The topological polar surface area (TPSA) is 86.2 Å². The minimum absolute atomic E-state index is 0.139. The number of benzene rings is 1. The molecular weight excluding hydrogens is 270 g/mol. The summed E-state index contributed by atoms with van der Waals surface area (Å²) in [5, 5.41) is 10.7. The van der Waals surface area contributed by atoms with E-state index in [4.69, 9.17) is 5.73 Å². The molecule has 0 heterocycles. The molecule has 0 aromatic heterocycles. The molecule has 0 spiro atoms. The molecule has 2 atom stereocenters. The van der Waals surface area contributed by atoms with E-state index in [-0.39, 0.29) is 11.6 Å². The Hall–Kier alpha value is -2.41. The van der Waals surface area contributed by atoms with Crippen molar-refractivity contribution in [3.63, 3.8) is 0 Å². The highest BCUT2D eigenvalue weighted by Gasteiger charge is 2.44. The first-order chi connectivity index (χ1) is 9.33. The van der Waals surface area contributed by atoms with Gasteiger partial charge in [0.25, 0.3) is 0 Å². The second kappa shape index (κ2) is 4.93. The molecule has 5 nitrogen and oxygen atoms in total. The Labute approximate surface area is 112 Å². The normalized spacial score (nSPS) is 25.6. The molecule has 1 aliphatic rings. The van der Waals surface area contributed by atoms with Gasteiger partial charge in [-0.15, -0.1) is 0 Å². The van der Waals surface area contributed by atoms with Crippen molar-refractivity contribution >= 4 is 5.78 Å². The maximum absolute atomic E-state index is 14.1. The van der Waals surface area contributed by atoms with Gasteiger partial charge in [-0.3, -0.25) is 20.6 Å². The molecule has 0 aliphatic heterocycles. The van der Waals surface area contributed by atoms with Crippen LogP contribution < -0.4 is 5.73 Å². The maximum Gasteiger partial charge on any atom is 0.301 e. The predicted octanol–water partition coefficient (Wildman–Crippen LogP) is 2.14.